The number of hydrogen-bond acceptors (Lipinski definition) is 5. The van der Waals surface area contributed by atoms with Crippen molar-refractivity contribution in [2.75, 3.05) is 27.2 Å². The van der Waals surface area contributed by atoms with E-state index in [-0.39, 0.29) is 16.8 Å². The number of benzene rings is 1. The molecule has 3 rings (SSSR count). The van der Waals surface area contributed by atoms with E-state index in [1.54, 1.807) is 7.05 Å². The molecule has 0 radical (unpaired) electrons. The summed E-state index contributed by atoms with van der Waals surface area (Å²) < 4.78 is 27.3. The van der Waals surface area contributed by atoms with Gasteiger partial charge in [-0.1, -0.05) is 5.57 Å². The average Bonchev–Trinajstić information content (AvgIpc) is 3.11. The molecule has 0 aromatic heterocycles. The summed E-state index contributed by atoms with van der Waals surface area (Å²) >= 11 is 0. The first-order chi connectivity index (χ1) is 13.3. The van der Waals surface area contributed by atoms with Crippen molar-refractivity contribution in [3.8, 4) is 0 Å². The number of nitrogens with one attached hydrogen (secondary N) is 1. The molecule has 1 saturated heterocycles. The number of amides is 1. The highest BCUT2D eigenvalue weighted by Gasteiger charge is 2.30. The Morgan fingerprint density at radius 2 is 1.82 bits per heavy atom. The fourth-order valence-corrected chi connectivity index (χ4v) is 4.94. The molecule has 1 heterocycles. The van der Waals surface area contributed by atoms with Crippen molar-refractivity contribution in [2.45, 2.75) is 43.5 Å². The Morgan fingerprint density at radius 3 is 2.39 bits per heavy atom. The van der Waals surface area contributed by atoms with Gasteiger partial charge in [0.05, 0.1) is 10.6 Å². The molecule has 28 heavy (non-hydrogen) atoms. The number of likely N-dealkylation sites (tertiary alicyclic amines) is 1. The summed E-state index contributed by atoms with van der Waals surface area (Å²) in [5.74, 6) is -0.349. The number of hydrogen-bond donors (Lipinski definition) is 1. The number of allylic oxidation sites excluding steroid dienone is 2. The lowest BCUT2D eigenvalue weighted by Gasteiger charge is -2.34. The number of hydrazone groups is 1. The third kappa shape index (κ3) is 4.68. The standard InChI is InChI=1S/C20H28N4O3S/c1-15-4-7-17(14-15)21-22-20(25)16-5-8-19(9-6-16)28(26,27)24(3)18-10-12-23(2)13-11-18/h5-6,8-9,14,18H,4,7,10-13H2,1-3H3,(H,22,25)/b21-17-. The number of sulfonamides is 1. The summed E-state index contributed by atoms with van der Waals surface area (Å²) in [7, 11) is 0.101. The number of carbonyl (C=O) groups excluding carboxylic acids is 1. The summed E-state index contributed by atoms with van der Waals surface area (Å²) in [5, 5.41) is 4.13. The van der Waals surface area contributed by atoms with E-state index in [0.29, 0.717) is 5.56 Å². The molecule has 1 aromatic rings. The van der Waals surface area contributed by atoms with Crippen molar-refractivity contribution in [3.63, 3.8) is 0 Å². The lowest BCUT2D eigenvalue weighted by atomic mass is 10.1. The van der Waals surface area contributed by atoms with Crippen molar-refractivity contribution in [3.05, 3.63) is 41.5 Å². The van der Waals surface area contributed by atoms with E-state index < -0.39 is 10.0 Å². The molecular weight excluding hydrogens is 376 g/mol. The van der Waals surface area contributed by atoms with Crippen LogP contribution in [-0.2, 0) is 10.0 Å². The normalized spacial score (nSPS) is 20.6. The molecule has 1 aromatic carbocycles. The number of piperidine rings is 1. The second kappa shape index (κ2) is 8.55. The number of nitrogens with zero attached hydrogens (tertiary/aromatic N) is 3. The van der Waals surface area contributed by atoms with Crippen LogP contribution >= 0.6 is 0 Å². The fourth-order valence-electron chi connectivity index (χ4n) is 3.53. The van der Waals surface area contributed by atoms with E-state index in [0.717, 1.165) is 44.5 Å². The van der Waals surface area contributed by atoms with Gasteiger partial charge in [0.2, 0.25) is 10.0 Å². The quantitative estimate of drug-likeness (QED) is 0.763. The van der Waals surface area contributed by atoms with Crippen LogP contribution in [0.25, 0.3) is 0 Å². The first-order valence-electron chi connectivity index (χ1n) is 9.58. The van der Waals surface area contributed by atoms with Crippen LogP contribution in [-0.4, -0.2) is 62.5 Å². The SMILES string of the molecule is CC1=C/C(=N\NC(=O)c2ccc(S(=O)(=O)N(C)C3CCN(C)CC3)cc2)CC1. The topological polar surface area (TPSA) is 82.1 Å². The zero-order valence-electron chi connectivity index (χ0n) is 16.7. The molecular formula is C20H28N4O3S. The van der Waals surface area contributed by atoms with Crippen LogP contribution in [0.5, 0.6) is 0 Å². The molecule has 1 aliphatic heterocycles. The molecule has 2 aliphatic rings. The van der Waals surface area contributed by atoms with Gasteiger partial charge in [0, 0.05) is 18.7 Å². The summed E-state index contributed by atoms with van der Waals surface area (Å²) in [6.45, 7) is 3.81. The van der Waals surface area contributed by atoms with Crippen molar-refractivity contribution < 1.29 is 13.2 Å². The van der Waals surface area contributed by atoms with Crippen LogP contribution in [0.2, 0.25) is 0 Å². The zero-order valence-corrected chi connectivity index (χ0v) is 17.5. The first-order valence-corrected chi connectivity index (χ1v) is 11.0. The summed E-state index contributed by atoms with van der Waals surface area (Å²) in [6, 6.07) is 6.04. The maximum atomic E-state index is 12.9. The maximum absolute atomic E-state index is 12.9. The molecule has 0 atom stereocenters. The van der Waals surface area contributed by atoms with Crippen LogP contribution in [0, 0.1) is 0 Å². The Kier molecular flexibility index (Phi) is 6.32. The largest absolute Gasteiger partial charge is 0.306 e. The van der Waals surface area contributed by atoms with E-state index in [1.807, 2.05) is 20.0 Å². The van der Waals surface area contributed by atoms with Crippen LogP contribution in [0.1, 0.15) is 43.0 Å². The Morgan fingerprint density at radius 1 is 1.18 bits per heavy atom. The molecule has 0 spiro atoms. The smallest absolute Gasteiger partial charge is 0.271 e. The minimum atomic E-state index is -3.58. The first kappa shape index (κ1) is 20.7. The molecule has 0 bridgehead atoms. The molecule has 152 valence electrons. The van der Waals surface area contributed by atoms with Gasteiger partial charge in [0.25, 0.3) is 5.91 Å². The minimum Gasteiger partial charge on any atom is -0.306 e. The predicted octanol–water partition coefficient (Wildman–Crippen LogP) is 2.23. The van der Waals surface area contributed by atoms with Gasteiger partial charge < -0.3 is 4.90 Å². The monoisotopic (exact) mass is 404 g/mol. The molecule has 7 nitrogen and oxygen atoms in total. The van der Waals surface area contributed by atoms with Crippen molar-refractivity contribution in [1.82, 2.24) is 14.6 Å². The Labute approximate surface area is 167 Å². The lowest BCUT2D eigenvalue weighted by Crippen LogP contribution is -2.44. The van der Waals surface area contributed by atoms with Gasteiger partial charge in [-0.2, -0.15) is 9.41 Å². The number of carbonyl (C=O) groups is 1. The third-order valence-electron chi connectivity index (χ3n) is 5.49. The van der Waals surface area contributed by atoms with E-state index in [4.69, 9.17) is 0 Å². The van der Waals surface area contributed by atoms with Crippen molar-refractivity contribution >= 4 is 21.6 Å². The average molecular weight is 405 g/mol. The van der Waals surface area contributed by atoms with E-state index in [2.05, 4.69) is 15.4 Å². The van der Waals surface area contributed by atoms with E-state index in [9.17, 15) is 13.2 Å². The highest BCUT2D eigenvalue weighted by molar-refractivity contribution is 7.89. The van der Waals surface area contributed by atoms with Crippen LogP contribution in [0.4, 0.5) is 0 Å². The van der Waals surface area contributed by atoms with Gasteiger partial charge in [-0.3, -0.25) is 4.79 Å². The summed E-state index contributed by atoms with van der Waals surface area (Å²) in [4.78, 5) is 14.7. The minimum absolute atomic E-state index is 0.00271. The molecule has 0 saturated carbocycles. The molecule has 1 fully saturated rings. The van der Waals surface area contributed by atoms with Crippen LogP contribution in [0.3, 0.4) is 0 Å². The molecule has 1 aliphatic carbocycles. The van der Waals surface area contributed by atoms with Gasteiger partial charge >= 0.3 is 0 Å². The molecule has 0 unspecified atom stereocenters. The molecule has 1 amide bonds. The number of rotatable bonds is 5. The summed E-state index contributed by atoms with van der Waals surface area (Å²) in [6.07, 6.45) is 5.40. The highest BCUT2D eigenvalue weighted by atomic mass is 32.2. The van der Waals surface area contributed by atoms with Gasteiger partial charge in [0.15, 0.2) is 0 Å². The van der Waals surface area contributed by atoms with Gasteiger partial charge in [-0.15, -0.1) is 0 Å². The van der Waals surface area contributed by atoms with Gasteiger partial charge in [-0.05, 0) is 83.1 Å². The molecule has 1 N–H and O–H groups in total. The van der Waals surface area contributed by atoms with Crippen molar-refractivity contribution in [1.29, 1.82) is 0 Å². The summed E-state index contributed by atoms with van der Waals surface area (Å²) in [5.41, 5.74) is 5.02. The second-order valence-electron chi connectivity index (χ2n) is 7.61. The highest BCUT2D eigenvalue weighted by Crippen LogP contribution is 2.22. The lowest BCUT2D eigenvalue weighted by molar-refractivity contribution is 0.0954. The Balaban J connectivity index is 1.66. The van der Waals surface area contributed by atoms with Crippen LogP contribution < -0.4 is 5.43 Å². The Bertz CT molecular complexity index is 883. The predicted molar refractivity (Wildman–Crippen MR) is 110 cm³/mol. The van der Waals surface area contributed by atoms with Crippen molar-refractivity contribution in [2.24, 2.45) is 5.10 Å². The van der Waals surface area contributed by atoms with Crippen LogP contribution in [0.15, 0.2) is 45.9 Å². The molecule has 8 heteroatoms. The fraction of sp³-hybridized carbons (Fsp3) is 0.500. The van der Waals surface area contributed by atoms with Gasteiger partial charge in [0.1, 0.15) is 0 Å². The van der Waals surface area contributed by atoms with Gasteiger partial charge in [-0.25, -0.2) is 13.8 Å². The third-order valence-corrected chi connectivity index (χ3v) is 7.41. The zero-order chi connectivity index (χ0) is 20.3. The van der Waals surface area contributed by atoms with E-state index in [1.165, 1.54) is 34.1 Å². The second-order valence-corrected chi connectivity index (χ2v) is 9.61. The Hall–Kier alpha value is -2.03. The van der Waals surface area contributed by atoms with E-state index >= 15 is 0 Å². The maximum Gasteiger partial charge on any atom is 0.271 e.